The molecule has 3 aromatic rings. The summed E-state index contributed by atoms with van der Waals surface area (Å²) >= 11 is 0. The molecule has 3 rings (SSSR count). The monoisotopic (exact) mass is 375 g/mol. The quantitative estimate of drug-likeness (QED) is 0.647. The normalized spacial score (nSPS) is 11.6. The van der Waals surface area contributed by atoms with Gasteiger partial charge in [0.05, 0.1) is 7.11 Å². The fourth-order valence-electron chi connectivity index (χ4n) is 3.18. The number of hydrogen-bond acceptors (Lipinski definition) is 4. The number of ether oxygens (including phenoxy) is 1. The SMILES string of the molecule is COC(=O)[C@@H](NC(=O)c1cccc(O)c1)C(c1ccccc1)c1ccccc1. The molecular formula is C23H21NO4. The minimum absolute atomic E-state index is 0.0232. The molecule has 5 nitrogen and oxygen atoms in total. The first-order valence-electron chi connectivity index (χ1n) is 8.87. The Hall–Kier alpha value is -3.60. The highest BCUT2D eigenvalue weighted by Crippen LogP contribution is 2.29. The smallest absolute Gasteiger partial charge is 0.329 e. The van der Waals surface area contributed by atoms with Crippen molar-refractivity contribution in [2.24, 2.45) is 0 Å². The number of carbonyl (C=O) groups excluding carboxylic acids is 2. The van der Waals surface area contributed by atoms with E-state index in [1.165, 1.54) is 19.2 Å². The zero-order valence-corrected chi connectivity index (χ0v) is 15.4. The molecule has 28 heavy (non-hydrogen) atoms. The second-order valence-electron chi connectivity index (χ2n) is 6.32. The molecule has 1 amide bonds. The zero-order valence-electron chi connectivity index (χ0n) is 15.4. The van der Waals surface area contributed by atoms with Gasteiger partial charge >= 0.3 is 5.97 Å². The topological polar surface area (TPSA) is 75.6 Å². The van der Waals surface area contributed by atoms with Gasteiger partial charge in [0.25, 0.3) is 5.91 Å². The first-order chi connectivity index (χ1) is 13.6. The molecule has 0 saturated heterocycles. The van der Waals surface area contributed by atoms with E-state index in [0.717, 1.165) is 11.1 Å². The molecule has 1 atom stereocenters. The van der Waals surface area contributed by atoms with Gasteiger partial charge in [-0.1, -0.05) is 66.7 Å². The van der Waals surface area contributed by atoms with Crippen LogP contribution in [0.15, 0.2) is 84.9 Å². The second-order valence-corrected chi connectivity index (χ2v) is 6.32. The van der Waals surface area contributed by atoms with Gasteiger partial charge < -0.3 is 15.2 Å². The van der Waals surface area contributed by atoms with E-state index < -0.39 is 23.8 Å². The number of carbonyl (C=O) groups is 2. The minimum atomic E-state index is -0.940. The number of phenols is 1. The summed E-state index contributed by atoms with van der Waals surface area (Å²) in [6, 6.07) is 24.0. The summed E-state index contributed by atoms with van der Waals surface area (Å²) in [4.78, 5) is 25.4. The van der Waals surface area contributed by atoms with Crippen LogP contribution >= 0.6 is 0 Å². The molecule has 0 saturated carbocycles. The van der Waals surface area contributed by atoms with Crippen molar-refractivity contribution in [2.75, 3.05) is 7.11 Å². The van der Waals surface area contributed by atoms with Crippen molar-refractivity contribution in [3.8, 4) is 5.75 Å². The molecule has 0 aliphatic heterocycles. The molecule has 0 aliphatic rings. The van der Waals surface area contributed by atoms with Crippen LogP contribution in [0, 0.1) is 0 Å². The molecule has 2 N–H and O–H groups in total. The van der Waals surface area contributed by atoms with Crippen LogP contribution in [-0.2, 0) is 9.53 Å². The predicted octanol–water partition coefficient (Wildman–Crippen LogP) is 3.50. The van der Waals surface area contributed by atoms with E-state index in [1.54, 1.807) is 12.1 Å². The summed E-state index contributed by atoms with van der Waals surface area (Å²) in [6.07, 6.45) is 0. The first kappa shape index (κ1) is 19.2. The number of nitrogens with one attached hydrogen (secondary N) is 1. The molecule has 0 bridgehead atoms. The van der Waals surface area contributed by atoms with Crippen LogP contribution in [0.1, 0.15) is 27.4 Å². The third kappa shape index (κ3) is 4.38. The highest BCUT2D eigenvalue weighted by Gasteiger charge is 2.33. The Labute approximate surface area is 163 Å². The third-order valence-corrected chi connectivity index (χ3v) is 4.50. The lowest BCUT2D eigenvalue weighted by molar-refractivity contribution is -0.143. The zero-order chi connectivity index (χ0) is 19.9. The summed E-state index contributed by atoms with van der Waals surface area (Å²) in [5.41, 5.74) is 2.01. The lowest BCUT2D eigenvalue weighted by atomic mass is 9.84. The van der Waals surface area contributed by atoms with E-state index in [1.807, 2.05) is 60.7 Å². The van der Waals surface area contributed by atoms with Gasteiger partial charge in [0.2, 0.25) is 0 Å². The Kier molecular flexibility index (Phi) is 6.07. The fraction of sp³-hybridized carbons (Fsp3) is 0.130. The van der Waals surface area contributed by atoms with E-state index in [9.17, 15) is 14.7 Å². The maximum Gasteiger partial charge on any atom is 0.329 e. The number of methoxy groups -OCH3 is 1. The average molecular weight is 375 g/mol. The van der Waals surface area contributed by atoms with Crippen LogP contribution in [0.5, 0.6) is 5.75 Å². The molecule has 0 unspecified atom stereocenters. The molecule has 0 aromatic heterocycles. The Morgan fingerprint density at radius 1 is 0.857 bits per heavy atom. The largest absolute Gasteiger partial charge is 0.508 e. The molecule has 0 radical (unpaired) electrons. The average Bonchev–Trinajstić information content (AvgIpc) is 2.74. The van der Waals surface area contributed by atoms with E-state index in [2.05, 4.69) is 5.32 Å². The number of esters is 1. The van der Waals surface area contributed by atoms with Gasteiger partial charge in [0.15, 0.2) is 0 Å². The van der Waals surface area contributed by atoms with Crippen molar-refractivity contribution < 1.29 is 19.4 Å². The van der Waals surface area contributed by atoms with Crippen molar-refractivity contribution in [1.29, 1.82) is 0 Å². The summed E-state index contributed by atoms with van der Waals surface area (Å²) in [6.45, 7) is 0. The molecule has 3 aromatic carbocycles. The van der Waals surface area contributed by atoms with Gasteiger partial charge in [-0.25, -0.2) is 4.79 Å². The third-order valence-electron chi connectivity index (χ3n) is 4.50. The molecule has 0 fully saturated rings. The van der Waals surface area contributed by atoms with Gasteiger partial charge in [0.1, 0.15) is 11.8 Å². The van der Waals surface area contributed by atoms with Crippen LogP contribution in [-0.4, -0.2) is 30.1 Å². The predicted molar refractivity (Wildman–Crippen MR) is 106 cm³/mol. The van der Waals surface area contributed by atoms with Crippen LogP contribution < -0.4 is 5.32 Å². The van der Waals surface area contributed by atoms with Crippen LogP contribution in [0.3, 0.4) is 0 Å². The maximum atomic E-state index is 12.8. The van der Waals surface area contributed by atoms with Crippen molar-refractivity contribution in [3.63, 3.8) is 0 Å². The Morgan fingerprint density at radius 3 is 1.93 bits per heavy atom. The summed E-state index contributed by atoms with van der Waals surface area (Å²) in [5, 5.41) is 12.4. The molecule has 0 spiro atoms. The Balaban J connectivity index is 2.01. The van der Waals surface area contributed by atoms with Crippen molar-refractivity contribution >= 4 is 11.9 Å². The summed E-state index contributed by atoms with van der Waals surface area (Å²) in [7, 11) is 1.29. The van der Waals surface area contributed by atoms with Crippen molar-refractivity contribution in [2.45, 2.75) is 12.0 Å². The number of aromatic hydroxyl groups is 1. The van der Waals surface area contributed by atoms with Crippen molar-refractivity contribution in [3.05, 3.63) is 102 Å². The van der Waals surface area contributed by atoms with Crippen LogP contribution in [0.4, 0.5) is 0 Å². The second kappa shape index (κ2) is 8.86. The number of phenolic OH excluding ortho intramolecular Hbond substituents is 1. The molecule has 5 heteroatoms. The lowest BCUT2D eigenvalue weighted by Crippen LogP contribution is -2.46. The van der Waals surface area contributed by atoms with E-state index in [0.29, 0.717) is 0 Å². The van der Waals surface area contributed by atoms with Gasteiger partial charge in [-0.05, 0) is 29.3 Å². The number of benzene rings is 3. The standard InChI is InChI=1S/C23H21NO4/c1-28-23(27)21(24-22(26)18-13-8-14-19(25)15-18)20(16-9-4-2-5-10-16)17-11-6-3-7-12-17/h2-15,20-21,25H,1H3,(H,24,26)/t21-/m0/s1. The number of amides is 1. The van der Waals surface area contributed by atoms with Crippen LogP contribution in [0.2, 0.25) is 0 Å². The summed E-state index contributed by atoms with van der Waals surface area (Å²) < 4.78 is 4.99. The Bertz CT molecular complexity index is 902. The maximum absolute atomic E-state index is 12.8. The van der Waals surface area contributed by atoms with Gasteiger partial charge in [-0.2, -0.15) is 0 Å². The number of rotatable bonds is 6. The van der Waals surface area contributed by atoms with E-state index >= 15 is 0 Å². The first-order valence-corrected chi connectivity index (χ1v) is 8.87. The summed E-state index contributed by atoms with van der Waals surface area (Å²) in [5.74, 6) is -1.48. The highest BCUT2D eigenvalue weighted by atomic mass is 16.5. The molecule has 142 valence electrons. The molecular weight excluding hydrogens is 354 g/mol. The fourth-order valence-corrected chi connectivity index (χ4v) is 3.18. The number of hydrogen-bond donors (Lipinski definition) is 2. The lowest BCUT2D eigenvalue weighted by Gasteiger charge is -2.27. The van der Waals surface area contributed by atoms with E-state index in [4.69, 9.17) is 4.74 Å². The van der Waals surface area contributed by atoms with Gasteiger partial charge in [-0.15, -0.1) is 0 Å². The van der Waals surface area contributed by atoms with Gasteiger partial charge in [-0.3, -0.25) is 4.79 Å². The van der Waals surface area contributed by atoms with Gasteiger partial charge in [0, 0.05) is 11.5 Å². The minimum Gasteiger partial charge on any atom is -0.508 e. The van der Waals surface area contributed by atoms with E-state index in [-0.39, 0.29) is 11.3 Å². The highest BCUT2D eigenvalue weighted by molar-refractivity contribution is 5.97. The molecule has 0 heterocycles. The molecule has 0 aliphatic carbocycles. The van der Waals surface area contributed by atoms with Crippen LogP contribution in [0.25, 0.3) is 0 Å². The van der Waals surface area contributed by atoms with Crippen molar-refractivity contribution in [1.82, 2.24) is 5.32 Å². The Morgan fingerprint density at radius 2 is 1.43 bits per heavy atom.